The summed E-state index contributed by atoms with van der Waals surface area (Å²) in [6.07, 6.45) is 2.23. The number of nitrogens with zero attached hydrogens (tertiary/aromatic N) is 1. The molecule has 1 atom stereocenters. The molecule has 92 valence electrons. The van der Waals surface area contributed by atoms with E-state index >= 15 is 0 Å². The van der Waals surface area contributed by atoms with Crippen LogP contribution >= 0.6 is 0 Å². The summed E-state index contributed by atoms with van der Waals surface area (Å²) in [5, 5.41) is 8.89. The van der Waals surface area contributed by atoms with Gasteiger partial charge < -0.3 is 10.0 Å². The SMILES string of the molecule is CC(C)(C)CC(CC(=O)O)N1CCCC1=O. The molecule has 0 aromatic rings. The molecular weight excluding hydrogens is 206 g/mol. The van der Waals surface area contributed by atoms with Gasteiger partial charge in [0.05, 0.1) is 6.42 Å². The number of carboxylic acids is 1. The van der Waals surface area contributed by atoms with Crippen LogP contribution in [0.4, 0.5) is 0 Å². The van der Waals surface area contributed by atoms with Crippen LogP contribution in [-0.2, 0) is 9.59 Å². The number of hydrogen-bond acceptors (Lipinski definition) is 2. The van der Waals surface area contributed by atoms with Gasteiger partial charge in [-0.05, 0) is 18.3 Å². The van der Waals surface area contributed by atoms with Crippen molar-refractivity contribution in [3.8, 4) is 0 Å². The zero-order chi connectivity index (χ0) is 12.3. The molecule has 1 heterocycles. The molecule has 1 amide bonds. The fourth-order valence-electron chi connectivity index (χ4n) is 2.26. The van der Waals surface area contributed by atoms with Crippen LogP contribution in [0.15, 0.2) is 0 Å². The summed E-state index contributed by atoms with van der Waals surface area (Å²) in [5.41, 5.74) is 0.0446. The lowest BCUT2D eigenvalue weighted by Gasteiger charge is -2.32. The summed E-state index contributed by atoms with van der Waals surface area (Å²) >= 11 is 0. The molecule has 1 rings (SSSR count). The van der Waals surface area contributed by atoms with E-state index in [1.54, 1.807) is 4.90 Å². The Kier molecular flexibility index (Phi) is 3.94. The molecule has 0 aromatic heterocycles. The van der Waals surface area contributed by atoms with Crippen LogP contribution in [0, 0.1) is 5.41 Å². The smallest absolute Gasteiger partial charge is 0.305 e. The van der Waals surface area contributed by atoms with Crippen molar-refractivity contribution in [1.29, 1.82) is 0 Å². The number of hydrogen-bond donors (Lipinski definition) is 1. The van der Waals surface area contributed by atoms with Gasteiger partial charge in [0.15, 0.2) is 0 Å². The van der Waals surface area contributed by atoms with E-state index in [9.17, 15) is 9.59 Å². The molecule has 1 unspecified atom stereocenters. The van der Waals surface area contributed by atoms with E-state index in [0.717, 1.165) is 12.8 Å². The fourth-order valence-corrected chi connectivity index (χ4v) is 2.26. The lowest BCUT2D eigenvalue weighted by molar-refractivity contribution is -0.140. The van der Waals surface area contributed by atoms with Crippen molar-refractivity contribution < 1.29 is 14.7 Å². The number of amides is 1. The summed E-state index contributed by atoms with van der Waals surface area (Å²) in [6, 6.07) is -0.146. The van der Waals surface area contributed by atoms with Crippen LogP contribution in [0.3, 0.4) is 0 Å². The Morgan fingerprint density at radius 1 is 1.50 bits per heavy atom. The second kappa shape index (κ2) is 4.85. The van der Waals surface area contributed by atoms with Crippen molar-refractivity contribution in [2.75, 3.05) is 6.54 Å². The highest BCUT2D eigenvalue weighted by atomic mass is 16.4. The minimum absolute atomic E-state index is 0.0446. The van der Waals surface area contributed by atoms with Gasteiger partial charge in [-0.2, -0.15) is 0 Å². The zero-order valence-electron chi connectivity index (χ0n) is 10.3. The van der Waals surface area contributed by atoms with Crippen molar-refractivity contribution in [3.05, 3.63) is 0 Å². The third kappa shape index (κ3) is 3.83. The molecule has 1 saturated heterocycles. The molecule has 1 fully saturated rings. The molecule has 0 radical (unpaired) electrons. The van der Waals surface area contributed by atoms with Crippen LogP contribution in [0.2, 0.25) is 0 Å². The number of likely N-dealkylation sites (tertiary alicyclic amines) is 1. The normalized spacial score (nSPS) is 18.9. The number of carbonyl (C=O) groups is 2. The zero-order valence-corrected chi connectivity index (χ0v) is 10.3. The highest BCUT2D eigenvalue weighted by Gasteiger charge is 2.32. The summed E-state index contributed by atoms with van der Waals surface area (Å²) in [6.45, 7) is 6.93. The van der Waals surface area contributed by atoms with Gasteiger partial charge in [-0.15, -0.1) is 0 Å². The van der Waals surface area contributed by atoms with Gasteiger partial charge in [-0.25, -0.2) is 0 Å². The maximum atomic E-state index is 11.6. The van der Waals surface area contributed by atoms with Gasteiger partial charge in [0.2, 0.25) is 5.91 Å². The molecular formula is C12H21NO3. The van der Waals surface area contributed by atoms with Gasteiger partial charge in [0.25, 0.3) is 0 Å². The van der Waals surface area contributed by atoms with Crippen LogP contribution in [0.25, 0.3) is 0 Å². The highest BCUT2D eigenvalue weighted by Crippen LogP contribution is 2.27. The molecule has 0 spiro atoms. The molecule has 0 aromatic carbocycles. The van der Waals surface area contributed by atoms with Crippen LogP contribution < -0.4 is 0 Å². The molecule has 1 N–H and O–H groups in total. The Morgan fingerprint density at radius 3 is 2.50 bits per heavy atom. The van der Waals surface area contributed by atoms with Gasteiger partial charge in [0.1, 0.15) is 0 Å². The third-order valence-corrected chi connectivity index (χ3v) is 2.81. The number of aliphatic carboxylic acids is 1. The molecule has 1 aliphatic rings. The standard InChI is InChI=1S/C12H21NO3/c1-12(2,3)8-9(7-11(15)16)13-6-4-5-10(13)14/h9H,4-8H2,1-3H3,(H,15,16). The molecule has 1 aliphatic heterocycles. The van der Waals surface area contributed by atoms with Crippen LogP contribution in [0.5, 0.6) is 0 Å². The Morgan fingerprint density at radius 2 is 2.12 bits per heavy atom. The van der Waals surface area contributed by atoms with Crippen LogP contribution in [-0.4, -0.2) is 34.5 Å². The Bertz CT molecular complexity index is 280. The first-order valence-electron chi connectivity index (χ1n) is 5.81. The number of carboxylic acid groups (broad SMARTS) is 1. The van der Waals surface area contributed by atoms with Crippen molar-refractivity contribution in [2.45, 2.75) is 52.5 Å². The minimum atomic E-state index is -0.825. The first-order chi connectivity index (χ1) is 7.29. The minimum Gasteiger partial charge on any atom is -0.481 e. The van der Waals surface area contributed by atoms with E-state index < -0.39 is 5.97 Å². The van der Waals surface area contributed by atoms with E-state index in [-0.39, 0.29) is 23.8 Å². The second-order valence-corrected chi connectivity index (χ2v) is 5.71. The molecule has 4 nitrogen and oxygen atoms in total. The van der Waals surface area contributed by atoms with E-state index in [0.29, 0.717) is 13.0 Å². The van der Waals surface area contributed by atoms with Gasteiger partial charge in [0, 0.05) is 19.0 Å². The van der Waals surface area contributed by atoms with Gasteiger partial charge >= 0.3 is 5.97 Å². The summed E-state index contributed by atoms with van der Waals surface area (Å²) < 4.78 is 0. The quantitative estimate of drug-likeness (QED) is 0.797. The molecule has 0 bridgehead atoms. The van der Waals surface area contributed by atoms with Gasteiger partial charge in [-0.3, -0.25) is 9.59 Å². The topological polar surface area (TPSA) is 57.6 Å². The van der Waals surface area contributed by atoms with E-state index in [2.05, 4.69) is 20.8 Å². The maximum absolute atomic E-state index is 11.6. The van der Waals surface area contributed by atoms with Crippen molar-refractivity contribution in [2.24, 2.45) is 5.41 Å². The lowest BCUT2D eigenvalue weighted by Crippen LogP contribution is -2.40. The highest BCUT2D eigenvalue weighted by molar-refractivity contribution is 5.79. The second-order valence-electron chi connectivity index (χ2n) is 5.71. The predicted molar refractivity (Wildman–Crippen MR) is 61.1 cm³/mol. The number of rotatable bonds is 4. The van der Waals surface area contributed by atoms with Crippen LogP contribution in [0.1, 0.15) is 46.5 Å². The molecule has 16 heavy (non-hydrogen) atoms. The van der Waals surface area contributed by atoms with Crippen molar-refractivity contribution in [1.82, 2.24) is 4.90 Å². The Hall–Kier alpha value is -1.06. The monoisotopic (exact) mass is 227 g/mol. The van der Waals surface area contributed by atoms with E-state index in [1.165, 1.54) is 0 Å². The number of carbonyl (C=O) groups excluding carboxylic acids is 1. The van der Waals surface area contributed by atoms with Crippen molar-refractivity contribution >= 4 is 11.9 Å². The Labute approximate surface area is 96.6 Å². The predicted octanol–water partition coefficient (Wildman–Crippen LogP) is 1.89. The largest absolute Gasteiger partial charge is 0.481 e. The maximum Gasteiger partial charge on any atom is 0.305 e. The molecule has 0 saturated carbocycles. The summed E-state index contributed by atoms with van der Waals surface area (Å²) in [7, 11) is 0. The first-order valence-corrected chi connectivity index (χ1v) is 5.81. The Balaban J connectivity index is 2.70. The van der Waals surface area contributed by atoms with Crippen molar-refractivity contribution in [3.63, 3.8) is 0 Å². The fraction of sp³-hybridized carbons (Fsp3) is 0.833. The average Bonchev–Trinajstić information content (AvgIpc) is 2.46. The summed E-state index contributed by atoms with van der Waals surface area (Å²) in [5.74, 6) is -0.718. The average molecular weight is 227 g/mol. The van der Waals surface area contributed by atoms with E-state index in [4.69, 9.17) is 5.11 Å². The first kappa shape index (κ1) is 13.0. The molecule has 4 heteroatoms. The van der Waals surface area contributed by atoms with E-state index in [1.807, 2.05) is 0 Å². The summed E-state index contributed by atoms with van der Waals surface area (Å²) in [4.78, 5) is 24.2. The lowest BCUT2D eigenvalue weighted by atomic mass is 9.86. The van der Waals surface area contributed by atoms with Gasteiger partial charge in [-0.1, -0.05) is 20.8 Å². The molecule has 0 aliphatic carbocycles. The third-order valence-electron chi connectivity index (χ3n) is 2.81.